The number of nitrogens with one attached hydrogen (secondary N) is 2. The summed E-state index contributed by atoms with van der Waals surface area (Å²) in [6, 6.07) is 15.5. The summed E-state index contributed by atoms with van der Waals surface area (Å²) >= 11 is 0. The molecule has 5 nitrogen and oxygen atoms in total. The molecule has 5 heteroatoms. The number of H-pyrrole nitrogens is 1. The van der Waals surface area contributed by atoms with Gasteiger partial charge in [0.1, 0.15) is 5.69 Å². The predicted molar refractivity (Wildman–Crippen MR) is 89.2 cm³/mol. The zero-order valence-corrected chi connectivity index (χ0v) is 12.9. The van der Waals surface area contributed by atoms with E-state index in [4.69, 9.17) is 0 Å². The van der Waals surface area contributed by atoms with E-state index >= 15 is 0 Å². The van der Waals surface area contributed by atoms with Gasteiger partial charge in [-0.3, -0.25) is 9.89 Å². The van der Waals surface area contributed by atoms with Crippen molar-refractivity contribution in [2.45, 2.75) is 19.4 Å². The summed E-state index contributed by atoms with van der Waals surface area (Å²) in [5.74, 6) is -0.291. The van der Waals surface area contributed by atoms with Crippen LogP contribution in [0.25, 0.3) is 10.8 Å². The van der Waals surface area contributed by atoms with E-state index in [1.54, 1.807) is 6.07 Å². The van der Waals surface area contributed by atoms with Gasteiger partial charge >= 0.3 is 0 Å². The number of fused-ring (bicyclic) bond motifs is 1. The smallest absolute Gasteiger partial charge is 0.271 e. The fraction of sp³-hybridized carbons (Fsp3) is 0.222. The maximum Gasteiger partial charge on any atom is 0.271 e. The number of amides is 1. The molecule has 3 rings (SSSR count). The van der Waals surface area contributed by atoms with Crippen molar-refractivity contribution in [3.05, 3.63) is 65.5 Å². The molecular formula is C18H19N3O2. The number of aryl methyl sites for hydroxylation is 1. The van der Waals surface area contributed by atoms with Gasteiger partial charge in [0.05, 0.1) is 6.10 Å². The monoisotopic (exact) mass is 309 g/mol. The number of rotatable bonds is 5. The molecule has 0 spiro atoms. The Morgan fingerprint density at radius 1 is 1.22 bits per heavy atom. The third-order valence-corrected chi connectivity index (χ3v) is 3.86. The van der Waals surface area contributed by atoms with Crippen molar-refractivity contribution in [2.75, 3.05) is 6.54 Å². The summed E-state index contributed by atoms with van der Waals surface area (Å²) in [4.78, 5) is 12.0. The van der Waals surface area contributed by atoms with Gasteiger partial charge in [-0.15, -0.1) is 0 Å². The lowest BCUT2D eigenvalue weighted by molar-refractivity contribution is 0.0911. The van der Waals surface area contributed by atoms with Gasteiger partial charge in [0.25, 0.3) is 5.91 Å². The predicted octanol–water partition coefficient (Wildman–Crippen LogP) is 2.59. The summed E-state index contributed by atoms with van der Waals surface area (Å²) in [5.41, 5.74) is 2.03. The van der Waals surface area contributed by atoms with E-state index in [0.29, 0.717) is 5.69 Å². The zero-order chi connectivity index (χ0) is 16.2. The van der Waals surface area contributed by atoms with Gasteiger partial charge in [-0.25, -0.2) is 0 Å². The molecule has 1 aromatic heterocycles. The Kier molecular flexibility index (Phi) is 4.39. The second-order valence-corrected chi connectivity index (χ2v) is 5.46. The molecule has 3 N–H and O–H groups in total. The van der Waals surface area contributed by atoms with Crippen molar-refractivity contribution in [2.24, 2.45) is 0 Å². The molecule has 1 heterocycles. The quantitative estimate of drug-likeness (QED) is 0.678. The fourth-order valence-corrected chi connectivity index (χ4v) is 2.47. The minimum atomic E-state index is -0.756. The summed E-state index contributed by atoms with van der Waals surface area (Å²) in [6.45, 7) is 2.13. The Morgan fingerprint density at radius 2 is 2.00 bits per heavy atom. The molecule has 3 aromatic rings. The highest BCUT2D eigenvalue weighted by Crippen LogP contribution is 2.20. The number of aromatic amines is 1. The van der Waals surface area contributed by atoms with Crippen LogP contribution < -0.4 is 5.32 Å². The lowest BCUT2D eigenvalue weighted by Gasteiger charge is -2.12. The van der Waals surface area contributed by atoms with Gasteiger partial charge in [0, 0.05) is 12.2 Å². The van der Waals surface area contributed by atoms with E-state index in [2.05, 4.69) is 15.5 Å². The summed E-state index contributed by atoms with van der Waals surface area (Å²) in [5, 5.41) is 21.9. The number of carbonyl (C=O) groups excluding carboxylic acids is 1. The molecule has 0 fully saturated rings. The van der Waals surface area contributed by atoms with Crippen LogP contribution in [0.5, 0.6) is 0 Å². The van der Waals surface area contributed by atoms with Crippen LogP contribution in [-0.2, 0) is 6.42 Å². The van der Waals surface area contributed by atoms with Gasteiger partial charge in [0.2, 0.25) is 0 Å². The molecule has 1 amide bonds. The number of aliphatic hydroxyl groups excluding tert-OH is 1. The molecule has 0 bridgehead atoms. The van der Waals surface area contributed by atoms with Crippen molar-refractivity contribution >= 4 is 16.7 Å². The largest absolute Gasteiger partial charge is 0.387 e. The lowest BCUT2D eigenvalue weighted by atomic mass is 10.0. The summed E-state index contributed by atoms with van der Waals surface area (Å²) < 4.78 is 0. The number of aromatic nitrogens is 2. The Bertz CT molecular complexity index is 826. The normalized spacial score (nSPS) is 12.3. The second kappa shape index (κ2) is 6.62. The number of nitrogens with zero attached hydrogens (tertiary/aromatic N) is 1. The van der Waals surface area contributed by atoms with Gasteiger partial charge in [-0.1, -0.05) is 43.3 Å². The van der Waals surface area contributed by atoms with E-state index in [9.17, 15) is 9.90 Å². The van der Waals surface area contributed by atoms with E-state index in [1.807, 2.05) is 49.4 Å². The first-order valence-electron chi connectivity index (χ1n) is 7.66. The van der Waals surface area contributed by atoms with Crippen LogP contribution in [0.4, 0.5) is 0 Å². The first-order chi connectivity index (χ1) is 11.2. The zero-order valence-electron chi connectivity index (χ0n) is 12.9. The molecule has 118 valence electrons. The third-order valence-electron chi connectivity index (χ3n) is 3.86. The van der Waals surface area contributed by atoms with E-state index in [-0.39, 0.29) is 12.5 Å². The third kappa shape index (κ3) is 3.40. The number of hydrogen-bond acceptors (Lipinski definition) is 3. The molecule has 1 unspecified atom stereocenters. The topological polar surface area (TPSA) is 78.0 Å². The second-order valence-electron chi connectivity index (χ2n) is 5.46. The average molecular weight is 309 g/mol. The number of carbonyl (C=O) groups is 1. The Balaban J connectivity index is 1.65. The van der Waals surface area contributed by atoms with Gasteiger partial charge in [-0.05, 0) is 34.9 Å². The Morgan fingerprint density at radius 3 is 2.74 bits per heavy atom. The van der Waals surface area contributed by atoms with Crippen LogP contribution in [-0.4, -0.2) is 27.8 Å². The maximum atomic E-state index is 12.0. The van der Waals surface area contributed by atoms with Crippen LogP contribution in [0.1, 0.15) is 34.8 Å². The van der Waals surface area contributed by atoms with Crippen LogP contribution >= 0.6 is 0 Å². The van der Waals surface area contributed by atoms with Crippen LogP contribution in [0.3, 0.4) is 0 Å². The highest BCUT2D eigenvalue weighted by molar-refractivity contribution is 5.92. The van der Waals surface area contributed by atoms with E-state index in [0.717, 1.165) is 28.5 Å². The molecule has 0 saturated heterocycles. The van der Waals surface area contributed by atoms with Gasteiger partial charge in [0.15, 0.2) is 0 Å². The van der Waals surface area contributed by atoms with Crippen molar-refractivity contribution < 1.29 is 9.90 Å². The standard InChI is InChI=1S/C18H19N3O2/c1-2-15-10-16(21-20-15)18(23)19-11-17(22)14-8-7-12-5-3-4-6-13(12)9-14/h3-10,17,22H,2,11H2,1H3,(H,19,23)(H,20,21). The number of hydrogen-bond donors (Lipinski definition) is 3. The number of aliphatic hydroxyl groups is 1. The lowest BCUT2D eigenvalue weighted by Crippen LogP contribution is -2.28. The molecule has 0 radical (unpaired) electrons. The molecular weight excluding hydrogens is 290 g/mol. The first kappa shape index (κ1) is 15.2. The SMILES string of the molecule is CCc1cc(C(=O)NCC(O)c2ccc3ccccc3c2)n[nH]1. The molecule has 0 aliphatic rings. The van der Waals surface area contributed by atoms with E-state index in [1.165, 1.54) is 0 Å². The van der Waals surface area contributed by atoms with Crippen LogP contribution in [0, 0.1) is 0 Å². The van der Waals surface area contributed by atoms with Crippen LogP contribution in [0.15, 0.2) is 48.5 Å². The Labute approximate surface area is 134 Å². The van der Waals surface area contributed by atoms with Gasteiger partial charge in [-0.2, -0.15) is 5.10 Å². The van der Waals surface area contributed by atoms with Crippen molar-refractivity contribution in [1.82, 2.24) is 15.5 Å². The fourth-order valence-electron chi connectivity index (χ4n) is 2.47. The van der Waals surface area contributed by atoms with Gasteiger partial charge < -0.3 is 10.4 Å². The molecule has 0 aliphatic carbocycles. The number of benzene rings is 2. The highest BCUT2D eigenvalue weighted by atomic mass is 16.3. The van der Waals surface area contributed by atoms with Crippen molar-refractivity contribution in [1.29, 1.82) is 0 Å². The minimum absolute atomic E-state index is 0.144. The Hall–Kier alpha value is -2.66. The average Bonchev–Trinajstić information content (AvgIpc) is 3.08. The highest BCUT2D eigenvalue weighted by Gasteiger charge is 2.13. The van der Waals surface area contributed by atoms with E-state index < -0.39 is 6.10 Å². The summed E-state index contributed by atoms with van der Waals surface area (Å²) in [7, 11) is 0. The minimum Gasteiger partial charge on any atom is -0.387 e. The maximum absolute atomic E-state index is 12.0. The molecule has 0 saturated carbocycles. The van der Waals surface area contributed by atoms with Crippen LogP contribution in [0.2, 0.25) is 0 Å². The molecule has 23 heavy (non-hydrogen) atoms. The molecule has 0 aliphatic heterocycles. The molecule has 2 aromatic carbocycles. The summed E-state index contributed by atoms with van der Waals surface area (Å²) in [6.07, 6.45) is 0.0353. The van der Waals surface area contributed by atoms with Crippen molar-refractivity contribution in [3.8, 4) is 0 Å². The first-order valence-corrected chi connectivity index (χ1v) is 7.66. The van der Waals surface area contributed by atoms with Crippen molar-refractivity contribution in [3.63, 3.8) is 0 Å². The molecule has 1 atom stereocenters.